The highest BCUT2D eigenvalue weighted by atomic mass is 16.2. The molecule has 3 rings (SSSR count). The Labute approximate surface area is 151 Å². The van der Waals surface area contributed by atoms with Crippen LogP contribution in [0.2, 0.25) is 0 Å². The smallest absolute Gasteiger partial charge is 0.231 e. The summed E-state index contributed by atoms with van der Waals surface area (Å²) in [5, 5.41) is 10.0. The van der Waals surface area contributed by atoms with Crippen LogP contribution >= 0.6 is 0 Å². The number of H-pyrrole nitrogens is 1. The van der Waals surface area contributed by atoms with Crippen LogP contribution in [0.3, 0.4) is 0 Å². The highest BCUT2D eigenvalue weighted by molar-refractivity contribution is 5.79. The number of aromatic nitrogens is 4. The monoisotopic (exact) mass is 357 g/mol. The van der Waals surface area contributed by atoms with Gasteiger partial charge in [-0.15, -0.1) is 0 Å². The molecule has 3 heterocycles. The summed E-state index contributed by atoms with van der Waals surface area (Å²) in [6.45, 7) is 2.07. The summed E-state index contributed by atoms with van der Waals surface area (Å²) >= 11 is 0. The molecule has 1 aliphatic heterocycles. The number of nitrogens with two attached hydrogens (primary N) is 1. The Balaban J connectivity index is 1.45. The molecule has 138 valence electrons. The van der Waals surface area contributed by atoms with Crippen LogP contribution in [-0.2, 0) is 16.0 Å². The molecule has 0 saturated carbocycles. The van der Waals surface area contributed by atoms with E-state index in [9.17, 15) is 9.59 Å². The summed E-state index contributed by atoms with van der Waals surface area (Å²) in [5.41, 5.74) is 6.08. The third-order valence-corrected chi connectivity index (χ3v) is 4.37. The van der Waals surface area contributed by atoms with Crippen LogP contribution in [0, 0.1) is 5.92 Å². The first kappa shape index (κ1) is 18.0. The maximum Gasteiger partial charge on any atom is 0.231 e. The molecule has 9 heteroatoms. The average molecular weight is 357 g/mol. The van der Waals surface area contributed by atoms with Crippen LogP contribution in [0.15, 0.2) is 24.5 Å². The molecule has 1 saturated heterocycles. The maximum absolute atomic E-state index is 12.3. The van der Waals surface area contributed by atoms with Crippen molar-refractivity contribution < 1.29 is 9.59 Å². The molecular weight excluding hydrogens is 334 g/mol. The van der Waals surface area contributed by atoms with E-state index in [1.54, 1.807) is 12.4 Å². The minimum atomic E-state index is -0.360. The maximum atomic E-state index is 12.3. The Morgan fingerprint density at radius 2 is 2.31 bits per heavy atom. The van der Waals surface area contributed by atoms with Gasteiger partial charge in [-0.05, 0) is 31.5 Å². The van der Waals surface area contributed by atoms with E-state index in [1.807, 2.05) is 17.0 Å². The van der Waals surface area contributed by atoms with Gasteiger partial charge in [0.2, 0.25) is 11.8 Å². The second-order valence-electron chi connectivity index (χ2n) is 6.43. The summed E-state index contributed by atoms with van der Waals surface area (Å²) in [4.78, 5) is 33.8. The third kappa shape index (κ3) is 4.85. The largest absolute Gasteiger partial charge is 0.369 e. The number of likely N-dealkylation sites (tertiary alicyclic amines) is 1. The standard InChI is InChI=1S/C17H23N7O2/c18-14(25)11-24-8-2-4-13(10-24)17(26)20-7-5-15-21-16(23-22-15)12-3-1-6-19-9-12/h1,3,6,9,13H,2,4-5,7-8,10-11H2,(H2,18,25)(H,20,26)(H,21,22,23). The lowest BCUT2D eigenvalue weighted by Gasteiger charge is -2.30. The molecular formula is C17H23N7O2. The number of hydrogen-bond donors (Lipinski definition) is 3. The van der Waals surface area contributed by atoms with E-state index >= 15 is 0 Å². The minimum Gasteiger partial charge on any atom is -0.369 e. The second-order valence-corrected chi connectivity index (χ2v) is 6.43. The molecule has 1 fully saturated rings. The quantitative estimate of drug-likeness (QED) is 0.625. The molecule has 4 N–H and O–H groups in total. The second kappa shape index (κ2) is 8.52. The number of carbonyl (C=O) groups excluding carboxylic acids is 2. The van der Waals surface area contributed by atoms with Gasteiger partial charge in [0.1, 0.15) is 5.82 Å². The fourth-order valence-corrected chi connectivity index (χ4v) is 3.11. The summed E-state index contributed by atoms with van der Waals surface area (Å²) in [7, 11) is 0. The van der Waals surface area contributed by atoms with Crippen molar-refractivity contribution in [1.29, 1.82) is 0 Å². The van der Waals surface area contributed by atoms with Gasteiger partial charge < -0.3 is 11.1 Å². The number of hydrogen-bond acceptors (Lipinski definition) is 6. The van der Waals surface area contributed by atoms with Gasteiger partial charge in [-0.25, -0.2) is 4.98 Å². The van der Waals surface area contributed by atoms with Crippen LogP contribution in [0.4, 0.5) is 0 Å². The van der Waals surface area contributed by atoms with E-state index in [-0.39, 0.29) is 24.3 Å². The van der Waals surface area contributed by atoms with Gasteiger partial charge in [-0.1, -0.05) is 0 Å². The summed E-state index contributed by atoms with van der Waals surface area (Å²) in [5.74, 6) is 0.840. The zero-order valence-electron chi connectivity index (χ0n) is 14.5. The Kier molecular flexibility index (Phi) is 5.90. The van der Waals surface area contributed by atoms with Crippen LogP contribution in [0.5, 0.6) is 0 Å². The number of piperidine rings is 1. The van der Waals surface area contributed by atoms with Crippen LogP contribution < -0.4 is 11.1 Å². The number of pyridine rings is 1. The first-order valence-electron chi connectivity index (χ1n) is 8.72. The van der Waals surface area contributed by atoms with E-state index < -0.39 is 0 Å². The van der Waals surface area contributed by atoms with Crippen molar-refractivity contribution in [2.45, 2.75) is 19.3 Å². The highest BCUT2D eigenvalue weighted by Crippen LogP contribution is 2.16. The Morgan fingerprint density at radius 1 is 1.42 bits per heavy atom. The molecule has 1 unspecified atom stereocenters. The number of amides is 2. The molecule has 2 aromatic heterocycles. The van der Waals surface area contributed by atoms with Crippen molar-refractivity contribution in [2.24, 2.45) is 11.7 Å². The van der Waals surface area contributed by atoms with Crippen molar-refractivity contribution in [3.63, 3.8) is 0 Å². The van der Waals surface area contributed by atoms with Crippen LogP contribution in [0.1, 0.15) is 18.7 Å². The van der Waals surface area contributed by atoms with Crippen molar-refractivity contribution in [3.8, 4) is 11.4 Å². The van der Waals surface area contributed by atoms with Gasteiger partial charge in [0.05, 0.1) is 12.5 Å². The molecule has 0 bridgehead atoms. The molecule has 26 heavy (non-hydrogen) atoms. The predicted octanol–water partition coefficient (Wildman–Crippen LogP) is -0.277. The first-order chi connectivity index (χ1) is 12.6. The lowest BCUT2D eigenvalue weighted by atomic mass is 9.97. The van der Waals surface area contributed by atoms with E-state index in [0.717, 1.165) is 24.9 Å². The summed E-state index contributed by atoms with van der Waals surface area (Å²) in [6, 6.07) is 3.72. The molecule has 2 aromatic rings. The van der Waals surface area contributed by atoms with E-state index in [1.165, 1.54) is 0 Å². The van der Waals surface area contributed by atoms with Crippen molar-refractivity contribution in [1.82, 2.24) is 30.4 Å². The van der Waals surface area contributed by atoms with Gasteiger partial charge in [-0.2, -0.15) is 5.10 Å². The molecule has 0 aliphatic carbocycles. The molecule has 0 aromatic carbocycles. The van der Waals surface area contributed by atoms with Crippen molar-refractivity contribution in [3.05, 3.63) is 30.4 Å². The van der Waals surface area contributed by atoms with Gasteiger partial charge in [0.25, 0.3) is 0 Å². The number of nitrogens with zero attached hydrogens (tertiary/aromatic N) is 4. The van der Waals surface area contributed by atoms with Gasteiger partial charge in [0, 0.05) is 37.5 Å². The number of primary amides is 1. The fourth-order valence-electron chi connectivity index (χ4n) is 3.11. The van der Waals surface area contributed by atoms with Gasteiger partial charge in [0.15, 0.2) is 5.82 Å². The lowest BCUT2D eigenvalue weighted by molar-refractivity contribution is -0.128. The minimum absolute atomic E-state index is 0.00571. The topological polar surface area (TPSA) is 130 Å². The van der Waals surface area contributed by atoms with E-state index in [4.69, 9.17) is 5.73 Å². The molecule has 1 aliphatic rings. The normalized spacial score (nSPS) is 17.8. The Hall–Kier alpha value is -2.81. The Morgan fingerprint density at radius 3 is 3.08 bits per heavy atom. The third-order valence-electron chi connectivity index (χ3n) is 4.37. The SMILES string of the molecule is NC(=O)CN1CCCC(C(=O)NCCc2nc(-c3cccnc3)n[nH]2)C1. The Bertz CT molecular complexity index is 747. The molecule has 9 nitrogen and oxygen atoms in total. The number of aromatic amines is 1. The molecule has 2 amide bonds. The van der Waals surface area contributed by atoms with Gasteiger partial charge in [-0.3, -0.25) is 24.6 Å². The average Bonchev–Trinajstić information content (AvgIpc) is 3.11. The van der Waals surface area contributed by atoms with Crippen molar-refractivity contribution in [2.75, 3.05) is 26.2 Å². The van der Waals surface area contributed by atoms with E-state index in [2.05, 4.69) is 25.5 Å². The van der Waals surface area contributed by atoms with Crippen LogP contribution in [-0.4, -0.2) is 63.1 Å². The van der Waals surface area contributed by atoms with Crippen molar-refractivity contribution >= 4 is 11.8 Å². The number of carbonyl (C=O) groups is 2. The zero-order valence-corrected chi connectivity index (χ0v) is 14.5. The summed E-state index contributed by atoms with van der Waals surface area (Å²) < 4.78 is 0. The molecule has 1 atom stereocenters. The number of rotatable bonds is 7. The molecule has 0 radical (unpaired) electrons. The predicted molar refractivity (Wildman–Crippen MR) is 94.7 cm³/mol. The summed E-state index contributed by atoms with van der Waals surface area (Å²) in [6.07, 6.45) is 5.69. The van der Waals surface area contributed by atoms with Crippen LogP contribution in [0.25, 0.3) is 11.4 Å². The fraction of sp³-hybridized carbons (Fsp3) is 0.471. The molecule has 0 spiro atoms. The lowest BCUT2D eigenvalue weighted by Crippen LogP contribution is -2.46. The zero-order chi connectivity index (χ0) is 18.4. The van der Waals surface area contributed by atoms with Gasteiger partial charge >= 0.3 is 0 Å². The first-order valence-corrected chi connectivity index (χ1v) is 8.72. The highest BCUT2D eigenvalue weighted by Gasteiger charge is 2.26. The number of nitrogens with one attached hydrogen (secondary N) is 2. The van der Waals surface area contributed by atoms with E-state index in [0.29, 0.717) is 31.2 Å².